The first-order valence-corrected chi connectivity index (χ1v) is 3.70. The van der Waals surface area contributed by atoms with Crippen LogP contribution < -0.4 is 0 Å². The average molecular weight is 142 g/mol. The number of aliphatic hydroxyl groups is 2. The zero-order valence-electron chi connectivity index (χ0n) is 6.30. The van der Waals surface area contributed by atoms with E-state index in [0.29, 0.717) is 0 Å². The summed E-state index contributed by atoms with van der Waals surface area (Å²) in [5.41, 5.74) is 2.28. The molecule has 1 aliphatic carbocycles. The van der Waals surface area contributed by atoms with Crippen LogP contribution in [0.15, 0.2) is 11.1 Å². The van der Waals surface area contributed by atoms with Gasteiger partial charge in [-0.15, -0.1) is 0 Å². The predicted molar refractivity (Wildman–Crippen MR) is 39.6 cm³/mol. The molecular formula is C8H14O2. The van der Waals surface area contributed by atoms with Crippen molar-refractivity contribution >= 4 is 0 Å². The van der Waals surface area contributed by atoms with Crippen LogP contribution in [0.2, 0.25) is 0 Å². The molecule has 0 aromatic carbocycles. The summed E-state index contributed by atoms with van der Waals surface area (Å²) in [7, 11) is 0. The van der Waals surface area contributed by atoms with E-state index in [9.17, 15) is 5.11 Å². The van der Waals surface area contributed by atoms with Crippen LogP contribution in [0, 0.1) is 0 Å². The fourth-order valence-corrected chi connectivity index (χ4v) is 1.37. The van der Waals surface area contributed by atoms with E-state index < -0.39 is 0 Å². The summed E-state index contributed by atoms with van der Waals surface area (Å²) in [5, 5.41) is 18.0. The van der Waals surface area contributed by atoms with Gasteiger partial charge in [-0.2, -0.15) is 0 Å². The van der Waals surface area contributed by atoms with Crippen LogP contribution in [-0.2, 0) is 0 Å². The lowest BCUT2D eigenvalue weighted by atomic mass is 9.91. The maximum absolute atomic E-state index is 9.18. The van der Waals surface area contributed by atoms with Crippen molar-refractivity contribution in [2.75, 3.05) is 6.61 Å². The lowest BCUT2D eigenvalue weighted by Crippen LogP contribution is -2.14. The Morgan fingerprint density at radius 3 is 2.80 bits per heavy atom. The quantitative estimate of drug-likeness (QED) is 0.533. The van der Waals surface area contributed by atoms with E-state index in [1.807, 2.05) is 6.92 Å². The maximum Gasteiger partial charge on any atom is 0.0644 e. The topological polar surface area (TPSA) is 40.5 Å². The van der Waals surface area contributed by atoms with Crippen molar-refractivity contribution in [1.82, 2.24) is 0 Å². The van der Waals surface area contributed by atoms with Gasteiger partial charge in [0.1, 0.15) is 0 Å². The van der Waals surface area contributed by atoms with Gasteiger partial charge >= 0.3 is 0 Å². The Hall–Kier alpha value is -0.340. The highest BCUT2D eigenvalue weighted by Gasteiger charge is 2.14. The standard InChI is InChI=1S/C8H14O2/c1-6-4-8(10)3-2-7(6)5-9/h8-10H,2-5H2,1H3. The lowest BCUT2D eigenvalue weighted by Gasteiger charge is -2.20. The zero-order chi connectivity index (χ0) is 7.56. The highest BCUT2D eigenvalue weighted by atomic mass is 16.3. The van der Waals surface area contributed by atoms with Crippen LogP contribution in [-0.4, -0.2) is 22.9 Å². The first-order valence-electron chi connectivity index (χ1n) is 3.70. The molecule has 0 aromatic heterocycles. The van der Waals surface area contributed by atoms with Gasteiger partial charge in [0.2, 0.25) is 0 Å². The second-order valence-electron chi connectivity index (χ2n) is 2.94. The Balaban J connectivity index is 2.61. The van der Waals surface area contributed by atoms with Crippen LogP contribution in [0.4, 0.5) is 0 Å². The summed E-state index contributed by atoms with van der Waals surface area (Å²) in [6.07, 6.45) is 2.25. The molecule has 58 valence electrons. The molecule has 1 unspecified atom stereocenters. The second kappa shape index (κ2) is 3.17. The molecule has 2 nitrogen and oxygen atoms in total. The Morgan fingerprint density at radius 2 is 2.30 bits per heavy atom. The monoisotopic (exact) mass is 142 g/mol. The van der Waals surface area contributed by atoms with Crippen LogP contribution >= 0.6 is 0 Å². The Labute approximate surface area is 61.2 Å². The minimum Gasteiger partial charge on any atom is -0.393 e. The molecule has 0 fully saturated rings. The molecule has 1 rings (SSSR count). The molecule has 0 saturated carbocycles. The van der Waals surface area contributed by atoms with Crippen molar-refractivity contribution in [2.24, 2.45) is 0 Å². The number of hydrogen-bond acceptors (Lipinski definition) is 2. The predicted octanol–water partition coefficient (Wildman–Crippen LogP) is 0.840. The Morgan fingerprint density at radius 1 is 1.60 bits per heavy atom. The first kappa shape index (κ1) is 7.76. The molecule has 0 aromatic rings. The van der Waals surface area contributed by atoms with Crippen molar-refractivity contribution in [3.05, 3.63) is 11.1 Å². The van der Waals surface area contributed by atoms with E-state index in [1.165, 1.54) is 5.57 Å². The van der Waals surface area contributed by atoms with E-state index in [-0.39, 0.29) is 12.7 Å². The molecule has 1 aliphatic rings. The number of hydrogen-bond donors (Lipinski definition) is 2. The van der Waals surface area contributed by atoms with Gasteiger partial charge in [0.15, 0.2) is 0 Å². The molecule has 0 aliphatic heterocycles. The average Bonchev–Trinajstić information content (AvgIpc) is 1.88. The molecule has 0 saturated heterocycles. The molecule has 2 N–H and O–H groups in total. The normalized spacial score (nSPS) is 27.3. The molecule has 0 amide bonds. The first-order chi connectivity index (χ1) is 4.74. The SMILES string of the molecule is CC1=C(CO)CCC(O)C1. The summed E-state index contributed by atoms with van der Waals surface area (Å²) in [6.45, 7) is 2.15. The summed E-state index contributed by atoms with van der Waals surface area (Å²) >= 11 is 0. The summed E-state index contributed by atoms with van der Waals surface area (Å²) in [5.74, 6) is 0. The van der Waals surface area contributed by atoms with Crippen molar-refractivity contribution < 1.29 is 10.2 Å². The highest BCUT2D eigenvalue weighted by molar-refractivity contribution is 5.16. The van der Waals surface area contributed by atoms with Gasteiger partial charge in [-0.3, -0.25) is 0 Å². The molecule has 0 spiro atoms. The van der Waals surface area contributed by atoms with Crippen LogP contribution in [0.1, 0.15) is 26.2 Å². The summed E-state index contributed by atoms with van der Waals surface area (Å²) in [4.78, 5) is 0. The highest BCUT2D eigenvalue weighted by Crippen LogP contribution is 2.23. The molecule has 10 heavy (non-hydrogen) atoms. The van der Waals surface area contributed by atoms with E-state index in [0.717, 1.165) is 24.8 Å². The Kier molecular flexibility index (Phi) is 2.46. The molecule has 2 heteroatoms. The molecule has 0 bridgehead atoms. The van der Waals surface area contributed by atoms with Crippen molar-refractivity contribution in [3.63, 3.8) is 0 Å². The van der Waals surface area contributed by atoms with Crippen LogP contribution in [0.5, 0.6) is 0 Å². The minimum absolute atomic E-state index is 0.165. The van der Waals surface area contributed by atoms with Gasteiger partial charge in [-0.05, 0) is 31.8 Å². The fraction of sp³-hybridized carbons (Fsp3) is 0.750. The minimum atomic E-state index is -0.171. The van der Waals surface area contributed by atoms with E-state index in [4.69, 9.17) is 5.11 Å². The van der Waals surface area contributed by atoms with Gasteiger partial charge in [-0.25, -0.2) is 0 Å². The van der Waals surface area contributed by atoms with Gasteiger partial charge in [-0.1, -0.05) is 5.57 Å². The number of aliphatic hydroxyl groups excluding tert-OH is 2. The third-order valence-corrected chi connectivity index (χ3v) is 2.12. The van der Waals surface area contributed by atoms with Gasteiger partial charge < -0.3 is 10.2 Å². The smallest absolute Gasteiger partial charge is 0.0644 e. The van der Waals surface area contributed by atoms with Crippen molar-refractivity contribution in [2.45, 2.75) is 32.3 Å². The molecular weight excluding hydrogens is 128 g/mol. The van der Waals surface area contributed by atoms with E-state index in [2.05, 4.69) is 0 Å². The summed E-state index contributed by atoms with van der Waals surface area (Å²) in [6, 6.07) is 0. The van der Waals surface area contributed by atoms with Crippen molar-refractivity contribution in [3.8, 4) is 0 Å². The molecule has 0 radical (unpaired) electrons. The second-order valence-corrected chi connectivity index (χ2v) is 2.94. The van der Waals surface area contributed by atoms with Gasteiger partial charge in [0.25, 0.3) is 0 Å². The maximum atomic E-state index is 9.18. The third kappa shape index (κ3) is 1.58. The third-order valence-electron chi connectivity index (χ3n) is 2.12. The molecule has 1 atom stereocenters. The Bertz CT molecular complexity index is 149. The summed E-state index contributed by atoms with van der Waals surface area (Å²) < 4.78 is 0. The van der Waals surface area contributed by atoms with E-state index in [1.54, 1.807) is 0 Å². The van der Waals surface area contributed by atoms with Crippen LogP contribution in [0.25, 0.3) is 0 Å². The van der Waals surface area contributed by atoms with Gasteiger partial charge in [0, 0.05) is 0 Å². The fourth-order valence-electron chi connectivity index (χ4n) is 1.37. The zero-order valence-corrected chi connectivity index (χ0v) is 6.30. The molecule has 0 heterocycles. The largest absolute Gasteiger partial charge is 0.393 e. The lowest BCUT2D eigenvalue weighted by molar-refractivity contribution is 0.155. The van der Waals surface area contributed by atoms with Gasteiger partial charge in [0.05, 0.1) is 12.7 Å². The van der Waals surface area contributed by atoms with E-state index >= 15 is 0 Å². The number of rotatable bonds is 1. The van der Waals surface area contributed by atoms with Crippen LogP contribution in [0.3, 0.4) is 0 Å². The van der Waals surface area contributed by atoms with Crippen molar-refractivity contribution in [1.29, 1.82) is 0 Å².